The summed E-state index contributed by atoms with van der Waals surface area (Å²) in [5.41, 5.74) is -2.01. The molecule has 7 aromatic carbocycles. The number of carbonyl (C=O) groups excluding carboxylic acids is 8. The summed E-state index contributed by atoms with van der Waals surface area (Å²) in [5, 5.41) is 153. The number of likely N-dealkylation sites (N-methyl/N-ethyl adjacent to an activating group) is 1. The molecular weight excluding hydrogens is 1910 g/mol. The number of hydrogen-bond donors (Lipinski definition) is 20. The number of rotatable bonds is 27. The Hall–Kier alpha value is -11.1. The molecule has 0 saturated carbocycles. The lowest BCUT2D eigenvalue weighted by molar-refractivity contribution is -0.277. The van der Waals surface area contributed by atoms with Gasteiger partial charge in [-0.25, -0.2) is 0 Å². The van der Waals surface area contributed by atoms with Gasteiger partial charge in [0, 0.05) is 87.5 Å². The van der Waals surface area contributed by atoms with Gasteiger partial charge in [-0.3, -0.25) is 42.9 Å². The number of aliphatic hydroxyl groups is 8. The van der Waals surface area contributed by atoms with Crippen molar-refractivity contribution >= 4 is 78.4 Å². The topological polar surface area (TPSA) is 554 Å². The third-order valence-corrected chi connectivity index (χ3v) is 31.7. The third-order valence-electron chi connectivity index (χ3n) is 27.2. The number of amides is 8. The zero-order valence-corrected chi connectivity index (χ0v) is 81.3. The summed E-state index contributed by atoms with van der Waals surface area (Å²) in [6, 6.07) is 8.33. The first-order chi connectivity index (χ1) is 68.3. The first kappa shape index (κ1) is 104. The number of aromatic hydroxyl groups is 3. The lowest BCUT2D eigenvalue weighted by atomic mass is 9.89. The van der Waals surface area contributed by atoms with Crippen LogP contribution < -0.4 is 76.1 Å². The predicted molar refractivity (Wildman–Crippen MR) is 515 cm³/mol. The number of unbranched alkanes of at least 4 members (excludes halogenated alkanes) is 7. The number of hydrogen-bond acceptors (Lipinski definition) is 32. The molecule has 11 aliphatic rings. The molecule has 0 aliphatic carbocycles. The van der Waals surface area contributed by atoms with Gasteiger partial charge in [-0.05, 0) is 185 Å². The normalized spacial score (nSPS) is 26.7. The Bertz CT molecular complexity index is 5720. The van der Waals surface area contributed by atoms with Crippen LogP contribution in [0, 0.1) is 0 Å². The van der Waals surface area contributed by atoms with Crippen LogP contribution in [-0.4, -0.2) is 282 Å². The summed E-state index contributed by atoms with van der Waals surface area (Å²) in [6.45, 7) is 4.33. The Morgan fingerprint density at radius 3 is 1.75 bits per heavy atom. The maximum atomic E-state index is 17.4. The van der Waals surface area contributed by atoms with Gasteiger partial charge in [0.1, 0.15) is 132 Å². The number of nitrogens with zero attached hydrogens (tertiary/aromatic N) is 4. The van der Waals surface area contributed by atoms with Gasteiger partial charge in [-0.1, -0.05) is 105 Å². The minimum atomic E-state index is -3.20. The molecule has 8 amide bonds. The number of carbonyl (C=O) groups is 8. The van der Waals surface area contributed by atoms with Crippen LogP contribution in [0.4, 0.5) is 0 Å². The third kappa shape index (κ3) is 22.7. The van der Waals surface area contributed by atoms with Gasteiger partial charge in [-0.2, -0.15) is 0 Å². The van der Waals surface area contributed by atoms with Crippen molar-refractivity contribution in [3.05, 3.63) is 164 Å². The van der Waals surface area contributed by atoms with Crippen molar-refractivity contribution in [1.82, 2.24) is 66.8 Å². The molecule has 18 rings (SSSR count). The molecule has 43 heteroatoms. The van der Waals surface area contributed by atoms with E-state index in [0.29, 0.717) is 70.6 Å². The van der Waals surface area contributed by atoms with Crippen LogP contribution in [0.2, 0.25) is 10.0 Å². The minimum absolute atomic E-state index is 0.0589. The molecule has 11 heterocycles. The van der Waals surface area contributed by atoms with Crippen molar-refractivity contribution in [1.29, 1.82) is 0 Å². The molecule has 142 heavy (non-hydrogen) atoms. The first-order valence-electron chi connectivity index (χ1n) is 48.3. The maximum Gasteiger partial charge on any atom is 0.417 e. The average Bonchev–Trinajstić information content (AvgIpc) is 1.65. The molecule has 764 valence electrons. The van der Waals surface area contributed by atoms with Gasteiger partial charge in [0.2, 0.25) is 71.3 Å². The fourth-order valence-electron chi connectivity index (χ4n) is 19.6. The Morgan fingerprint density at radius 2 is 1.11 bits per heavy atom. The van der Waals surface area contributed by atoms with Crippen molar-refractivity contribution in [3.8, 4) is 80.1 Å². The fourth-order valence-corrected chi connectivity index (χ4v) is 24.4. The van der Waals surface area contributed by atoms with E-state index >= 15 is 33.6 Å². The van der Waals surface area contributed by atoms with Crippen LogP contribution in [0.25, 0.3) is 11.1 Å². The summed E-state index contributed by atoms with van der Waals surface area (Å²) in [6.07, 6.45) is -7.70. The Kier molecular flexibility index (Phi) is 33.5. The van der Waals surface area contributed by atoms with Gasteiger partial charge < -0.3 is 142 Å². The minimum Gasteiger partial charge on any atom is -0.508 e. The van der Waals surface area contributed by atoms with Crippen LogP contribution in [0.3, 0.4) is 0 Å². The number of nitrogens with one attached hydrogen (secondary N) is 9. The molecule has 20 N–H and O–H groups in total. The van der Waals surface area contributed by atoms with E-state index in [4.69, 9.17) is 60.9 Å². The smallest absolute Gasteiger partial charge is 0.417 e. The zero-order chi connectivity index (χ0) is 101. The Balaban J connectivity index is 0.930. The van der Waals surface area contributed by atoms with Crippen molar-refractivity contribution in [2.24, 2.45) is 0 Å². The number of phenols is 3. The molecule has 0 unspecified atom stereocenters. The van der Waals surface area contributed by atoms with Gasteiger partial charge in [-0.15, -0.1) is 14.0 Å². The van der Waals surface area contributed by atoms with Crippen LogP contribution >= 0.6 is 31.1 Å². The molecule has 0 aromatic heterocycles. The second-order valence-corrected chi connectivity index (χ2v) is 41.1. The van der Waals surface area contributed by atoms with Gasteiger partial charge >= 0.3 is 7.94 Å². The quantitative estimate of drug-likeness (QED) is 0.0194. The fraction of sp³-hybridized carbons (Fsp3) is 0.495. The summed E-state index contributed by atoms with van der Waals surface area (Å²) in [5.74, 6) is -13.8. The molecule has 0 spiro atoms. The number of ether oxygens (including phenoxy) is 7. The van der Waals surface area contributed by atoms with E-state index < -0.39 is 246 Å². The van der Waals surface area contributed by atoms with E-state index in [1.807, 2.05) is 4.90 Å². The van der Waals surface area contributed by atoms with E-state index in [9.17, 15) is 61.0 Å². The second kappa shape index (κ2) is 45.9. The molecule has 0 radical (unpaired) electrons. The predicted octanol–water partition coefficient (Wildman–Crippen LogP) is 6.47. The highest BCUT2D eigenvalue weighted by atomic mass is 35.5. The van der Waals surface area contributed by atoms with Crippen LogP contribution in [0.1, 0.15) is 185 Å². The van der Waals surface area contributed by atoms with Crippen molar-refractivity contribution < 1.29 is 132 Å². The second-order valence-electron chi connectivity index (χ2n) is 37.4. The van der Waals surface area contributed by atoms with E-state index in [2.05, 4.69) is 68.8 Å². The van der Waals surface area contributed by atoms with E-state index in [1.165, 1.54) is 67.7 Å². The standard InChI is InChI=1S/C99H122Cl2N13O27P/c1-5-6-7-8-9-10-11-12-20-74(120)105-83-87(124)85(122)72(49-115)138-98(83)140-90-70-43-55-44-71(90)136-66-30-25-54(41-62(66)100)84(121)82-97(133)109-80(92(128)103-31-19-32-111(3)4)60-45-56(117)46-68(137-99-89(126)88(125)86(123)73(50-116)139-99)75(60)59-40-52(23-28-64(59)118)78(94(130)110-82)106-95(131)79(55)107-96(132)81-61-47-58(48-69(76(61)101)141-142(112-33-13-14-34-112,113-35-15-16-36-113)114-37-17-18-38-114)135-67-42-53(24-29-65(67)119)77(102-2)93(129)104-63(91(127)108-81)39-51-21-26-57(134-70)27-22-51/h21-30,40-48,63,72-73,77-89,98-99,102,115-116,121-126H,5-20,31-39,49-50H2,1-4H3,(H10-,103,104,105,106,107,108,109,110,117,118,119,120,127,128,129,130,131,132,133)/p+1/t63-,72-,73-,77-,78-,79-,80-,81+,82+,83-,84-,85-,86-,87-,88+,89+,98+,99+/m1/s1. The summed E-state index contributed by atoms with van der Waals surface area (Å²) in [7, 11) is 1.87. The SMILES string of the molecule is CCCCCCCCCCC(=O)N[C@H]1[C@H](Oc2c3cc4cc2Oc2ccc(cc2Cl)[C@@H](O)[C@@H]2NC(=O)[C@H](NC(=O)[C@@H]4NC(=O)[C@H]4NC(=O)[C@@H](Cc5ccc(cc5)O3)NC(=O)[C@H](NC)c3ccc(O)c(c3)Oc3cc(O[P+](N5CCCC5)(N5CCCC5)N5CCCC5)c(Cl)c4c3)c3ccc(O)c(c3)-c3c(O[C@H]4O[C@H](CO)[C@@H](O)[C@H](O)[C@@H]4O)cc(O)cc3[C@H](C(=O)NCCCN(C)C)NC2=O)O[C@H](CO)[C@@H](O)[C@@H]1O. The lowest BCUT2D eigenvalue weighted by Crippen LogP contribution is -2.65. The maximum absolute atomic E-state index is 17.4. The van der Waals surface area contributed by atoms with E-state index in [0.717, 1.165) is 120 Å². The highest BCUT2D eigenvalue weighted by molar-refractivity contribution is 7.64. The molecule has 18 atom stereocenters. The lowest BCUT2D eigenvalue weighted by Gasteiger charge is -2.42. The first-order valence-corrected chi connectivity index (χ1v) is 50.6. The summed E-state index contributed by atoms with van der Waals surface area (Å²) < 4.78 is 61.1. The molecular formula is C99H123Cl2N13O27P+. The Morgan fingerprint density at radius 1 is 0.521 bits per heavy atom. The van der Waals surface area contributed by atoms with E-state index in [1.54, 1.807) is 26.2 Å². The average molecular weight is 2030 g/mol. The molecule has 40 nitrogen and oxygen atoms in total. The van der Waals surface area contributed by atoms with Crippen molar-refractivity contribution in [3.63, 3.8) is 0 Å². The van der Waals surface area contributed by atoms with Crippen molar-refractivity contribution in [2.45, 2.75) is 226 Å². The molecule has 5 fully saturated rings. The molecule has 17 bridgehead atoms. The van der Waals surface area contributed by atoms with Gasteiger partial charge in [0.25, 0.3) is 0 Å². The molecule has 5 saturated heterocycles. The van der Waals surface area contributed by atoms with E-state index in [-0.39, 0.29) is 75.4 Å². The van der Waals surface area contributed by atoms with Crippen LogP contribution in [0.5, 0.6) is 69.0 Å². The molecule has 11 aliphatic heterocycles. The molecule has 7 aromatic rings. The zero-order valence-electron chi connectivity index (χ0n) is 78.9. The monoisotopic (exact) mass is 2030 g/mol. The number of fused-ring (bicyclic) bond motifs is 14. The Labute approximate surface area is 829 Å². The number of aliphatic hydroxyl groups excluding tert-OH is 8. The van der Waals surface area contributed by atoms with Crippen LogP contribution in [-0.2, 0) is 54.3 Å². The summed E-state index contributed by atoms with van der Waals surface area (Å²) in [4.78, 5) is 131. The largest absolute Gasteiger partial charge is 0.508 e. The highest BCUT2D eigenvalue weighted by Gasteiger charge is 2.63. The van der Waals surface area contributed by atoms with Crippen molar-refractivity contribution in [2.75, 3.05) is 86.7 Å². The summed E-state index contributed by atoms with van der Waals surface area (Å²) >= 11 is 15.5. The number of benzene rings is 7. The number of phenolic OH excluding ortho intramolecular Hbond substituents is 3. The van der Waals surface area contributed by atoms with Crippen LogP contribution in [0.15, 0.2) is 115 Å². The number of halogens is 2. The van der Waals surface area contributed by atoms with Gasteiger partial charge in [0.15, 0.2) is 23.0 Å². The van der Waals surface area contributed by atoms with Gasteiger partial charge in [0.05, 0.1) is 23.3 Å². The highest BCUT2D eigenvalue weighted by Crippen LogP contribution is 2.71.